The third-order valence-corrected chi connectivity index (χ3v) is 6.64. The van der Waals surface area contributed by atoms with Crippen molar-refractivity contribution >= 4 is 28.9 Å². The maximum atomic E-state index is 13.3. The first kappa shape index (κ1) is 33.6. The second kappa shape index (κ2) is 16.1. The van der Waals surface area contributed by atoms with Crippen LogP contribution in [-0.2, 0) is 36.8 Å². The molecule has 2 unspecified atom stereocenters. The Morgan fingerprint density at radius 1 is 0.884 bits per heavy atom. The lowest BCUT2D eigenvalue weighted by Crippen LogP contribution is -2.48. The molecular formula is C33H45N3O7. The first-order valence-corrected chi connectivity index (χ1v) is 14.8. The quantitative estimate of drug-likeness (QED) is 0.109. The Morgan fingerprint density at radius 3 is 2.26 bits per heavy atom. The third-order valence-electron chi connectivity index (χ3n) is 6.64. The summed E-state index contributed by atoms with van der Waals surface area (Å²) < 4.78 is 16.3. The molecule has 10 nitrogen and oxygen atoms in total. The van der Waals surface area contributed by atoms with Crippen molar-refractivity contribution < 1.29 is 33.7 Å². The summed E-state index contributed by atoms with van der Waals surface area (Å²) in [5, 5.41) is 17.5. The fourth-order valence-electron chi connectivity index (χ4n) is 4.39. The van der Waals surface area contributed by atoms with Gasteiger partial charge in [-0.1, -0.05) is 62.4 Å². The smallest absolute Gasteiger partial charge is 0.408 e. The number of ether oxygens (including phenoxy) is 3. The van der Waals surface area contributed by atoms with Gasteiger partial charge < -0.3 is 29.6 Å². The lowest BCUT2D eigenvalue weighted by Gasteiger charge is -2.25. The zero-order chi connectivity index (χ0) is 31.4. The lowest BCUT2D eigenvalue weighted by atomic mass is 10.0. The van der Waals surface area contributed by atoms with E-state index in [0.29, 0.717) is 12.3 Å². The number of aromatic nitrogens is 1. The molecule has 1 amide bonds. The Labute approximate surface area is 253 Å². The number of alkyl carbamates (subject to hydrolysis) is 1. The van der Waals surface area contributed by atoms with Gasteiger partial charge in [0.05, 0.1) is 6.61 Å². The minimum atomic E-state index is -1.19. The largest absolute Gasteiger partial charge is 0.464 e. The molecule has 3 aromatic rings. The number of carbonyl (C=O) groups excluding carboxylic acids is 3. The average molecular weight is 596 g/mol. The van der Waals surface area contributed by atoms with Crippen molar-refractivity contribution in [3.63, 3.8) is 0 Å². The SMILES string of the molecule is CC(C)CCOC(=O)[C@@H](CCC(O)NC(Cc1c[nH]c2ccccc12)C(=O)OCc1ccccc1)NC(=O)OC(C)(C)C. The molecular weight excluding hydrogens is 550 g/mol. The van der Waals surface area contributed by atoms with Crippen LogP contribution in [0.15, 0.2) is 60.8 Å². The average Bonchev–Trinajstić information content (AvgIpc) is 3.35. The maximum absolute atomic E-state index is 13.3. The molecule has 3 rings (SSSR count). The van der Waals surface area contributed by atoms with Gasteiger partial charge in [-0.15, -0.1) is 0 Å². The van der Waals surface area contributed by atoms with Crippen molar-refractivity contribution in [1.29, 1.82) is 0 Å². The van der Waals surface area contributed by atoms with Crippen LogP contribution in [0.2, 0.25) is 0 Å². The van der Waals surface area contributed by atoms with Crippen molar-refractivity contribution in [2.24, 2.45) is 5.92 Å². The minimum absolute atomic E-state index is 0.0378. The number of benzene rings is 2. The molecule has 2 aromatic carbocycles. The van der Waals surface area contributed by atoms with E-state index in [2.05, 4.69) is 15.6 Å². The van der Waals surface area contributed by atoms with E-state index >= 15 is 0 Å². The molecule has 234 valence electrons. The molecule has 0 saturated heterocycles. The van der Waals surface area contributed by atoms with Gasteiger partial charge in [-0.25, -0.2) is 9.59 Å². The standard InChI is InChI=1S/C33H45N3O7/c1-22(2)17-18-41-30(38)27(36-32(40)43-33(3,4)5)15-16-29(37)35-28(31(39)42-21-23-11-7-6-8-12-23)19-24-20-34-26-14-10-9-13-25(24)26/h6-14,20,22,27-29,34-35,37H,15-19,21H2,1-5H3,(H,36,40)/t27-,28?,29?/m1/s1. The van der Waals surface area contributed by atoms with Crippen LogP contribution in [0.3, 0.4) is 0 Å². The number of aromatic amines is 1. The Balaban J connectivity index is 1.69. The fraction of sp³-hybridized carbons (Fsp3) is 0.485. The molecule has 43 heavy (non-hydrogen) atoms. The van der Waals surface area contributed by atoms with Crippen LogP contribution < -0.4 is 10.6 Å². The number of hydrogen-bond donors (Lipinski definition) is 4. The maximum Gasteiger partial charge on any atom is 0.408 e. The number of H-pyrrole nitrogens is 1. The zero-order valence-corrected chi connectivity index (χ0v) is 25.7. The van der Waals surface area contributed by atoms with Crippen LogP contribution >= 0.6 is 0 Å². The molecule has 0 bridgehead atoms. The second-order valence-corrected chi connectivity index (χ2v) is 12.0. The Kier molecular flexibility index (Phi) is 12.6. The molecule has 0 radical (unpaired) electrons. The summed E-state index contributed by atoms with van der Waals surface area (Å²) >= 11 is 0. The highest BCUT2D eigenvalue weighted by molar-refractivity contribution is 5.84. The number of hydrogen-bond acceptors (Lipinski definition) is 8. The minimum Gasteiger partial charge on any atom is -0.464 e. The number of rotatable bonds is 15. The van der Waals surface area contributed by atoms with Crippen LogP contribution in [0.1, 0.15) is 65.0 Å². The van der Waals surface area contributed by atoms with E-state index in [1.165, 1.54) is 0 Å². The number of nitrogens with one attached hydrogen (secondary N) is 3. The number of aliphatic hydroxyl groups is 1. The molecule has 1 aromatic heterocycles. The van der Waals surface area contributed by atoms with Gasteiger partial charge in [-0.2, -0.15) is 0 Å². The van der Waals surface area contributed by atoms with Gasteiger partial charge in [-0.3, -0.25) is 10.1 Å². The van der Waals surface area contributed by atoms with E-state index in [-0.39, 0.29) is 32.5 Å². The van der Waals surface area contributed by atoms with E-state index in [0.717, 1.165) is 22.0 Å². The molecule has 3 atom stereocenters. The normalized spacial score (nSPS) is 13.7. The molecule has 0 aliphatic heterocycles. The summed E-state index contributed by atoms with van der Waals surface area (Å²) in [5.41, 5.74) is 1.90. The van der Waals surface area contributed by atoms with Crippen molar-refractivity contribution in [3.8, 4) is 0 Å². The molecule has 0 aliphatic carbocycles. The van der Waals surface area contributed by atoms with Gasteiger partial charge in [0, 0.05) is 23.5 Å². The Bertz CT molecular complexity index is 1320. The number of esters is 2. The molecule has 4 N–H and O–H groups in total. The van der Waals surface area contributed by atoms with Crippen molar-refractivity contribution in [3.05, 3.63) is 71.9 Å². The monoisotopic (exact) mass is 595 g/mol. The van der Waals surface area contributed by atoms with Crippen LogP contribution in [0.5, 0.6) is 0 Å². The zero-order valence-electron chi connectivity index (χ0n) is 25.7. The van der Waals surface area contributed by atoms with Crippen molar-refractivity contribution in [2.75, 3.05) is 6.61 Å². The molecule has 10 heteroatoms. The molecule has 0 fully saturated rings. The van der Waals surface area contributed by atoms with Gasteiger partial charge in [0.1, 0.15) is 30.5 Å². The number of aliphatic hydroxyl groups excluding tert-OH is 1. The summed E-state index contributed by atoms with van der Waals surface area (Å²) in [5.74, 6) is -0.798. The predicted molar refractivity (Wildman–Crippen MR) is 164 cm³/mol. The molecule has 0 saturated carbocycles. The highest BCUT2D eigenvalue weighted by Gasteiger charge is 2.29. The lowest BCUT2D eigenvalue weighted by molar-refractivity contribution is -0.149. The molecule has 1 heterocycles. The number of amides is 1. The van der Waals surface area contributed by atoms with Gasteiger partial charge in [0.2, 0.25) is 0 Å². The van der Waals surface area contributed by atoms with Crippen molar-refractivity contribution in [1.82, 2.24) is 15.6 Å². The summed E-state index contributed by atoms with van der Waals surface area (Å²) in [6.45, 7) is 9.51. The first-order chi connectivity index (χ1) is 20.4. The van der Waals surface area contributed by atoms with E-state index in [9.17, 15) is 19.5 Å². The van der Waals surface area contributed by atoms with E-state index in [1.807, 2.05) is 74.6 Å². The fourth-order valence-corrected chi connectivity index (χ4v) is 4.39. The van der Waals surface area contributed by atoms with Gasteiger partial charge in [0.15, 0.2) is 0 Å². The summed E-state index contributed by atoms with van der Waals surface area (Å²) in [6.07, 6.45) is 0.905. The molecule has 0 spiro atoms. The Morgan fingerprint density at radius 2 is 1.56 bits per heavy atom. The summed E-state index contributed by atoms with van der Waals surface area (Å²) in [7, 11) is 0. The Hall–Kier alpha value is -3.89. The van der Waals surface area contributed by atoms with Crippen LogP contribution in [0.4, 0.5) is 4.79 Å². The number of para-hydroxylation sites is 1. The van der Waals surface area contributed by atoms with Crippen LogP contribution in [0.25, 0.3) is 10.9 Å². The number of carbonyl (C=O) groups is 3. The van der Waals surface area contributed by atoms with Crippen molar-refractivity contribution in [2.45, 2.75) is 90.8 Å². The molecule has 0 aliphatic rings. The van der Waals surface area contributed by atoms with E-state index in [4.69, 9.17) is 14.2 Å². The highest BCUT2D eigenvalue weighted by Crippen LogP contribution is 2.20. The third kappa shape index (κ3) is 11.7. The topological polar surface area (TPSA) is 139 Å². The second-order valence-electron chi connectivity index (χ2n) is 12.0. The van der Waals surface area contributed by atoms with E-state index < -0.39 is 41.9 Å². The van der Waals surface area contributed by atoms with Gasteiger partial charge >= 0.3 is 18.0 Å². The summed E-state index contributed by atoms with van der Waals surface area (Å²) in [4.78, 5) is 41.8. The summed E-state index contributed by atoms with van der Waals surface area (Å²) in [6, 6.07) is 15.2. The first-order valence-electron chi connectivity index (χ1n) is 14.8. The van der Waals surface area contributed by atoms with Crippen LogP contribution in [-0.4, -0.2) is 58.6 Å². The predicted octanol–water partition coefficient (Wildman–Crippen LogP) is 4.99. The van der Waals surface area contributed by atoms with Gasteiger partial charge in [-0.05, 0) is 63.1 Å². The highest BCUT2D eigenvalue weighted by atomic mass is 16.6. The number of fused-ring (bicyclic) bond motifs is 1. The van der Waals surface area contributed by atoms with E-state index in [1.54, 1.807) is 20.8 Å². The van der Waals surface area contributed by atoms with Gasteiger partial charge in [0.25, 0.3) is 0 Å². The van der Waals surface area contributed by atoms with Crippen LogP contribution in [0, 0.1) is 5.92 Å².